The van der Waals surface area contributed by atoms with Gasteiger partial charge in [-0.3, -0.25) is 4.79 Å². The number of piperidine rings is 1. The van der Waals surface area contributed by atoms with Gasteiger partial charge in [0.15, 0.2) is 0 Å². The van der Waals surface area contributed by atoms with E-state index in [1.807, 2.05) is 18.2 Å². The zero-order valence-corrected chi connectivity index (χ0v) is 18.1. The fraction of sp³-hybridized carbons (Fsp3) is 0.200. The van der Waals surface area contributed by atoms with Crippen molar-refractivity contribution in [2.24, 2.45) is 0 Å². The Kier molecular flexibility index (Phi) is 6.71. The first-order chi connectivity index (χ1) is 15.5. The van der Waals surface area contributed by atoms with E-state index in [2.05, 4.69) is 10.6 Å². The van der Waals surface area contributed by atoms with Gasteiger partial charge in [-0.1, -0.05) is 35.9 Å². The van der Waals surface area contributed by atoms with Crippen molar-refractivity contribution in [2.75, 3.05) is 23.7 Å². The number of benzene rings is 3. The van der Waals surface area contributed by atoms with Crippen LogP contribution in [0, 0.1) is 5.82 Å². The maximum absolute atomic E-state index is 13.9. The van der Waals surface area contributed by atoms with E-state index >= 15 is 0 Å². The first-order valence-electron chi connectivity index (χ1n) is 10.5. The highest BCUT2D eigenvalue weighted by Crippen LogP contribution is 2.28. The molecule has 2 N–H and O–H groups in total. The lowest BCUT2D eigenvalue weighted by atomic mass is 9.89. The van der Waals surface area contributed by atoms with Crippen molar-refractivity contribution in [3.05, 3.63) is 94.8 Å². The van der Waals surface area contributed by atoms with Crippen LogP contribution in [-0.2, 0) is 0 Å². The van der Waals surface area contributed by atoms with Gasteiger partial charge in [-0.2, -0.15) is 0 Å². The summed E-state index contributed by atoms with van der Waals surface area (Å²) in [7, 11) is 0. The van der Waals surface area contributed by atoms with E-state index in [-0.39, 0.29) is 23.5 Å². The molecule has 164 valence electrons. The van der Waals surface area contributed by atoms with Gasteiger partial charge >= 0.3 is 6.03 Å². The van der Waals surface area contributed by atoms with Crippen LogP contribution >= 0.6 is 11.6 Å². The molecule has 0 unspecified atom stereocenters. The second-order valence-corrected chi connectivity index (χ2v) is 8.22. The van der Waals surface area contributed by atoms with Crippen molar-refractivity contribution in [1.82, 2.24) is 4.90 Å². The summed E-state index contributed by atoms with van der Waals surface area (Å²) in [5, 5.41) is 6.13. The van der Waals surface area contributed by atoms with Crippen molar-refractivity contribution in [3.8, 4) is 0 Å². The van der Waals surface area contributed by atoms with E-state index in [1.165, 1.54) is 12.1 Å². The van der Waals surface area contributed by atoms with Gasteiger partial charge in [-0.05, 0) is 66.9 Å². The topological polar surface area (TPSA) is 61.4 Å². The molecular weight excluding hydrogens is 429 g/mol. The standard InChI is InChI=1S/C25H23ClFN3O2/c26-20-10-12-21(13-11-20)28-25(32)30-14-4-7-19(16-30)17-5-3-6-18(15-17)24(31)29-23-9-2-1-8-22(23)27/h1-3,5-6,8-13,15,19H,4,7,14,16H2,(H,28,32)(H,29,31)/t19-/m0/s1. The number of amides is 3. The number of carbonyl (C=O) groups excluding carboxylic acids is 2. The van der Waals surface area contributed by atoms with Crippen LogP contribution in [0.1, 0.15) is 34.7 Å². The predicted octanol–water partition coefficient (Wildman–Crippen LogP) is 6.14. The Morgan fingerprint density at radius 1 is 0.969 bits per heavy atom. The van der Waals surface area contributed by atoms with E-state index in [1.54, 1.807) is 47.4 Å². The molecule has 1 fully saturated rings. The van der Waals surface area contributed by atoms with Gasteiger partial charge in [0.1, 0.15) is 5.82 Å². The summed E-state index contributed by atoms with van der Waals surface area (Å²) >= 11 is 5.90. The minimum Gasteiger partial charge on any atom is -0.324 e. The molecule has 1 aliphatic rings. The van der Waals surface area contributed by atoms with Crippen LogP contribution in [0.2, 0.25) is 5.02 Å². The van der Waals surface area contributed by atoms with Crippen LogP contribution in [0.3, 0.4) is 0 Å². The van der Waals surface area contributed by atoms with Crippen LogP contribution in [0.5, 0.6) is 0 Å². The predicted molar refractivity (Wildman–Crippen MR) is 125 cm³/mol. The number of carbonyl (C=O) groups is 2. The molecule has 3 aromatic rings. The molecule has 3 amide bonds. The minimum absolute atomic E-state index is 0.112. The second kappa shape index (κ2) is 9.83. The van der Waals surface area contributed by atoms with Crippen LogP contribution in [0.25, 0.3) is 0 Å². The number of rotatable bonds is 4. The molecule has 1 atom stereocenters. The Morgan fingerprint density at radius 2 is 1.75 bits per heavy atom. The number of hydrogen-bond donors (Lipinski definition) is 2. The molecule has 4 rings (SSSR count). The smallest absolute Gasteiger partial charge is 0.321 e. The zero-order chi connectivity index (χ0) is 22.5. The van der Waals surface area contributed by atoms with Crippen molar-refractivity contribution < 1.29 is 14.0 Å². The van der Waals surface area contributed by atoms with Crippen molar-refractivity contribution in [3.63, 3.8) is 0 Å². The lowest BCUT2D eigenvalue weighted by Crippen LogP contribution is -2.41. The normalized spacial score (nSPS) is 15.8. The number of nitrogens with one attached hydrogen (secondary N) is 2. The second-order valence-electron chi connectivity index (χ2n) is 7.78. The Hall–Kier alpha value is -3.38. The maximum Gasteiger partial charge on any atom is 0.321 e. The monoisotopic (exact) mass is 451 g/mol. The van der Waals surface area contributed by atoms with Gasteiger partial charge in [0.05, 0.1) is 5.69 Å². The molecule has 1 saturated heterocycles. The Balaban J connectivity index is 1.43. The third-order valence-corrected chi connectivity index (χ3v) is 5.80. The molecule has 32 heavy (non-hydrogen) atoms. The molecule has 3 aromatic carbocycles. The highest BCUT2D eigenvalue weighted by molar-refractivity contribution is 6.30. The fourth-order valence-electron chi connectivity index (χ4n) is 3.86. The van der Waals surface area contributed by atoms with Gasteiger partial charge in [-0.15, -0.1) is 0 Å². The lowest BCUT2D eigenvalue weighted by Gasteiger charge is -2.33. The van der Waals surface area contributed by atoms with Crippen LogP contribution in [0.4, 0.5) is 20.6 Å². The zero-order valence-electron chi connectivity index (χ0n) is 17.4. The quantitative estimate of drug-likeness (QED) is 0.500. The Bertz CT molecular complexity index is 1120. The third-order valence-electron chi connectivity index (χ3n) is 5.55. The molecule has 0 radical (unpaired) electrons. The summed E-state index contributed by atoms with van der Waals surface area (Å²) in [6.45, 7) is 1.22. The molecule has 7 heteroatoms. The number of hydrogen-bond acceptors (Lipinski definition) is 2. The van der Waals surface area contributed by atoms with Crippen molar-refractivity contribution in [2.45, 2.75) is 18.8 Å². The molecule has 0 bridgehead atoms. The van der Waals surface area contributed by atoms with Gasteiger partial charge in [0.2, 0.25) is 0 Å². The van der Waals surface area contributed by atoms with Crippen LogP contribution in [-0.4, -0.2) is 29.9 Å². The summed E-state index contributed by atoms with van der Waals surface area (Å²) < 4.78 is 13.9. The molecule has 0 aromatic heterocycles. The molecule has 5 nitrogen and oxygen atoms in total. The Labute approximate surface area is 191 Å². The first kappa shape index (κ1) is 21.8. The SMILES string of the molecule is O=C(Nc1ccccc1F)c1cccc([C@H]2CCCN(C(=O)Nc3ccc(Cl)cc3)C2)c1. The van der Waals surface area contributed by atoms with Crippen LogP contribution < -0.4 is 10.6 Å². The largest absolute Gasteiger partial charge is 0.324 e. The number of anilines is 2. The average Bonchev–Trinajstić information content (AvgIpc) is 2.82. The fourth-order valence-corrected chi connectivity index (χ4v) is 3.99. The van der Waals surface area contributed by atoms with Crippen molar-refractivity contribution >= 4 is 34.9 Å². The average molecular weight is 452 g/mol. The maximum atomic E-state index is 13.9. The summed E-state index contributed by atoms with van der Waals surface area (Å²) in [6, 6.07) is 20.2. The van der Waals surface area contributed by atoms with Crippen LogP contribution in [0.15, 0.2) is 72.8 Å². The highest BCUT2D eigenvalue weighted by Gasteiger charge is 2.25. The number of para-hydroxylation sites is 1. The summed E-state index contributed by atoms with van der Waals surface area (Å²) in [6.07, 6.45) is 1.79. The molecular formula is C25H23ClFN3O2. The minimum atomic E-state index is -0.480. The first-order valence-corrected chi connectivity index (χ1v) is 10.8. The molecule has 0 spiro atoms. The summed E-state index contributed by atoms with van der Waals surface area (Å²) in [4.78, 5) is 27.1. The van der Waals surface area contributed by atoms with Gasteiger partial charge < -0.3 is 15.5 Å². The van der Waals surface area contributed by atoms with E-state index in [0.717, 1.165) is 18.4 Å². The van der Waals surface area contributed by atoms with E-state index in [4.69, 9.17) is 11.6 Å². The molecule has 1 heterocycles. The van der Waals surface area contributed by atoms with Gasteiger partial charge in [0.25, 0.3) is 5.91 Å². The summed E-state index contributed by atoms with van der Waals surface area (Å²) in [5.41, 5.74) is 2.27. The number of likely N-dealkylation sites (tertiary alicyclic amines) is 1. The van der Waals surface area contributed by atoms with E-state index in [9.17, 15) is 14.0 Å². The van der Waals surface area contributed by atoms with E-state index < -0.39 is 5.82 Å². The molecule has 1 aliphatic heterocycles. The number of urea groups is 1. The van der Waals surface area contributed by atoms with Gasteiger partial charge in [-0.25, -0.2) is 9.18 Å². The molecule has 0 aliphatic carbocycles. The molecule has 0 saturated carbocycles. The van der Waals surface area contributed by atoms with Crippen molar-refractivity contribution in [1.29, 1.82) is 0 Å². The van der Waals surface area contributed by atoms with E-state index in [0.29, 0.717) is 29.4 Å². The van der Waals surface area contributed by atoms with Gasteiger partial charge in [0, 0.05) is 35.3 Å². The Morgan fingerprint density at radius 3 is 2.53 bits per heavy atom. The summed E-state index contributed by atoms with van der Waals surface area (Å²) in [5.74, 6) is -0.738. The highest BCUT2D eigenvalue weighted by atomic mass is 35.5. The number of nitrogens with zero attached hydrogens (tertiary/aromatic N) is 1. The third kappa shape index (κ3) is 5.26. The lowest BCUT2D eigenvalue weighted by molar-refractivity contribution is 0.102. The number of halogens is 2.